The van der Waals surface area contributed by atoms with Crippen LogP contribution in [0.2, 0.25) is 0 Å². The number of hydrogen-bond acceptors (Lipinski definition) is 1. The zero-order valence-corrected chi connectivity index (χ0v) is 5.37. The molecule has 0 rings (SSSR count). The molecule has 50 valence electrons. The van der Waals surface area contributed by atoms with Crippen LogP contribution in [0.25, 0.3) is 0 Å². The molecule has 0 aliphatic heterocycles. The van der Waals surface area contributed by atoms with Crippen LogP contribution in [0.4, 0.5) is 0 Å². The third-order valence-electron chi connectivity index (χ3n) is 0.722. The van der Waals surface area contributed by atoms with Crippen molar-refractivity contribution >= 4 is 5.97 Å². The molecule has 9 heavy (non-hydrogen) atoms. The minimum Gasteiger partial charge on any atom is -0.478 e. The second-order valence-corrected chi connectivity index (χ2v) is 1.53. The first-order valence-electron chi connectivity index (χ1n) is 2.83. The van der Waals surface area contributed by atoms with Crippen LogP contribution in [0.15, 0.2) is 24.3 Å². The molecule has 0 aromatic carbocycles. The second kappa shape index (κ2) is 5.09. The van der Waals surface area contributed by atoms with Gasteiger partial charge in [-0.25, -0.2) is 4.79 Å². The van der Waals surface area contributed by atoms with Gasteiger partial charge < -0.3 is 5.11 Å². The molecule has 0 amide bonds. The fraction of sp³-hybridized carbons (Fsp3) is 0.286. The van der Waals surface area contributed by atoms with E-state index in [1.54, 1.807) is 6.08 Å². The lowest BCUT2D eigenvalue weighted by Gasteiger charge is -1.74. The fourth-order valence-electron chi connectivity index (χ4n) is 0.353. The SMILES string of the molecule is CC/C=C\C=C\C(=O)O. The summed E-state index contributed by atoms with van der Waals surface area (Å²) in [5.41, 5.74) is 0. The van der Waals surface area contributed by atoms with E-state index in [1.807, 2.05) is 13.0 Å². The lowest BCUT2D eigenvalue weighted by molar-refractivity contribution is -0.131. The van der Waals surface area contributed by atoms with Gasteiger partial charge in [-0.2, -0.15) is 0 Å². The summed E-state index contributed by atoms with van der Waals surface area (Å²) in [6, 6.07) is 0. The van der Waals surface area contributed by atoms with Gasteiger partial charge in [-0.15, -0.1) is 0 Å². The van der Waals surface area contributed by atoms with Gasteiger partial charge in [-0.3, -0.25) is 0 Å². The van der Waals surface area contributed by atoms with Crippen LogP contribution in [0.5, 0.6) is 0 Å². The molecule has 0 unspecified atom stereocenters. The Morgan fingerprint density at radius 1 is 1.56 bits per heavy atom. The smallest absolute Gasteiger partial charge is 0.328 e. The van der Waals surface area contributed by atoms with Gasteiger partial charge in [0.2, 0.25) is 0 Å². The normalized spacial score (nSPS) is 11.2. The van der Waals surface area contributed by atoms with Crippen molar-refractivity contribution in [2.45, 2.75) is 13.3 Å². The van der Waals surface area contributed by atoms with Crippen molar-refractivity contribution in [2.75, 3.05) is 0 Å². The highest BCUT2D eigenvalue weighted by Crippen LogP contribution is 1.80. The zero-order chi connectivity index (χ0) is 7.11. The Labute approximate surface area is 54.5 Å². The van der Waals surface area contributed by atoms with Gasteiger partial charge >= 0.3 is 5.97 Å². The van der Waals surface area contributed by atoms with E-state index < -0.39 is 5.97 Å². The molecule has 0 atom stereocenters. The molecule has 0 spiro atoms. The summed E-state index contributed by atoms with van der Waals surface area (Å²) in [4.78, 5) is 9.84. The Kier molecular flexibility index (Phi) is 4.50. The van der Waals surface area contributed by atoms with Gasteiger partial charge in [0.05, 0.1) is 0 Å². The Bertz CT molecular complexity index is 134. The van der Waals surface area contributed by atoms with Gasteiger partial charge in [0.25, 0.3) is 0 Å². The molecule has 0 aliphatic rings. The van der Waals surface area contributed by atoms with E-state index in [2.05, 4.69) is 0 Å². The Morgan fingerprint density at radius 3 is 2.67 bits per heavy atom. The minimum absolute atomic E-state index is 0.907. The summed E-state index contributed by atoms with van der Waals surface area (Å²) in [5.74, 6) is -0.907. The largest absolute Gasteiger partial charge is 0.478 e. The molecule has 0 saturated carbocycles. The first-order chi connectivity index (χ1) is 4.27. The molecular formula is C7H10O2. The molecule has 0 heterocycles. The first-order valence-corrected chi connectivity index (χ1v) is 2.83. The van der Waals surface area contributed by atoms with Crippen molar-refractivity contribution in [3.63, 3.8) is 0 Å². The summed E-state index contributed by atoms with van der Waals surface area (Å²) in [6.07, 6.45) is 7.15. The van der Waals surface area contributed by atoms with Crippen molar-refractivity contribution < 1.29 is 9.90 Å². The summed E-state index contributed by atoms with van der Waals surface area (Å²) in [6.45, 7) is 1.99. The van der Waals surface area contributed by atoms with Crippen LogP contribution in [0.3, 0.4) is 0 Å². The third-order valence-corrected chi connectivity index (χ3v) is 0.722. The maximum Gasteiger partial charge on any atom is 0.328 e. The second-order valence-electron chi connectivity index (χ2n) is 1.53. The summed E-state index contributed by atoms with van der Waals surface area (Å²) in [5, 5.41) is 8.09. The van der Waals surface area contributed by atoms with Crippen molar-refractivity contribution in [3.05, 3.63) is 24.3 Å². The maximum atomic E-state index is 9.84. The van der Waals surface area contributed by atoms with Crippen LogP contribution in [-0.4, -0.2) is 11.1 Å². The number of carboxylic acid groups (broad SMARTS) is 1. The summed E-state index contributed by atoms with van der Waals surface area (Å²) < 4.78 is 0. The minimum atomic E-state index is -0.907. The Morgan fingerprint density at radius 2 is 2.22 bits per heavy atom. The molecule has 2 nitrogen and oxygen atoms in total. The number of allylic oxidation sites excluding steroid dienone is 3. The molecule has 0 aromatic heterocycles. The van der Waals surface area contributed by atoms with Crippen molar-refractivity contribution in [1.29, 1.82) is 0 Å². The highest BCUT2D eigenvalue weighted by atomic mass is 16.4. The van der Waals surface area contributed by atoms with Gasteiger partial charge in [0, 0.05) is 6.08 Å². The van der Waals surface area contributed by atoms with Crippen LogP contribution in [0, 0.1) is 0 Å². The summed E-state index contributed by atoms with van der Waals surface area (Å²) in [7, 11) is 0. The van der Waals surface area contributed by atoms with E-state index in [4.69, 9.17) is 5.11 Å². The number of carbonyl (C=O) groups is 1. The van der Waals surface area contributed by atoms with Crippen LogP contribution < -0.4 is 0 Å². The fourth-order valence-corrected chi connectivity index (χ4v) is 0.353. The molecule has 0 fully saturated rings. The highest BCUT2D eigenvalue weighted by molar-refractivity contribution is 5.80. The van der Waals surface area contributed by atoms with Gasteiger partial charge in [0.1, 0.15) is 0 Å². The Hall–Kier alpha value is -1.05. The lowest BCUT2D eigenvalue weighted by Crippen LogP contribution is -1.84. The van der Waals surface area contributed by atoms with Gasteiger partial charge in [-0.1, -0.05) is 25.2 Å². The average molecular weight is 126 g/mol. The van der Waals surface area contributed by atoms with E-state index in [0.717, 1.165) is 12.5 Å². The van der Waals surface area contributed by atoms with E-state index in [1.165, 1.54) is 6.08 Å². The monoisotopic (exact) mass is 126 g/mol. The predicted octanol–water partition coefficient (Wildman–Crippen LogP) is 1.59. The number of rotatable bonds is 3. The number of hydrogen-bond donors (Lipinski definition) is 1. The molecule has 0 saturated heterocycles. The number of aliphatic carboxylic acids is 1. The van der Waals surface area contributed by atoms with E-state index in [0.29, 0.717) is 0 Å². The van der Waals surface area contributed by atoms with Crippen LogP contribution >= 0.6 is 0 Å². The zero-order valence-electron chi connectivity index (χ0n) is 5.37. The topological polar surface area (TPSA) is 37.3 Å². The van der Waals surface area contributed by atoms with E-state index >= 15 is 0 Å². The quantitative estimate of drug-likeness (QED) is 0.460. The van der Waals surface area contributed by atoms with Crippen LogP contribution in [0.1, 0.15) is 13.3 Å². The van der Waals surface area contributed by atoms with Crippen molar-refractivity contribution in [3.8, 4) is 0 Å². The predicted molar refractivity (Wildman–Crippen MR) is 36.2 cm³/mol. The average Bonchev–Trinajstić information content (AvgIpc) is 1.80. The number of carboxylic acids is 1. The standard InChI is InChI=1S/C7H10O2/c1-2-3-4-5-6-7(8)9/h3-6H,2H2,1H3,(H,8,9)/b4-3-,6-5+. The third kappa shape index (κ3) is 6.95. The molecule has 0 radical (unpaired) electrons. The maximum absolute atomic E-state index is 9.84. The van der Waals surface area contributed by atoms with E-state index in [9.17, 15) is 4.79 Å². The molecule has 0 aliphatic carbocycles. The van der Waals surface area contributed by atoms with Crippen molar-refractivity contribution in [2.24, 2.45) is 0 Å². The van der Waals surface area contributed by atoms with Gasteiger partial charge in [0.15, 0.2) is 0 Å². The molecule has 2 heteroatoms. The highest BCUT2D eigenvalue weighted by Gasteiger charge is 1.78. The summed E-state index contributed by atoms with van der Waals surface area (Å²) >= 11 is 0. The van der Waals surface area contributed by atoms with Crippen molar-refractivity contribution in [1.82, 2.24) is 0 Å². The first kappa shape index (κ1) is 7.95. The van der Waals surface area contributed by atoms with E-state index in [-0.39, 0.29) is 0 Å². The Balaban J connectivity index is 3.47. The molecule has 0 aromatic rings. The molecule has 1 N–H and O–H groups in total. The van der Waals surface area contributed by atoms with Gasteiger partial charge in [-0.05, 0) is 6.42 Å². The molecular weight excluding hydrogens is 116 g/mol. The lowest BCUT2D eigenvalue weighted by atomic mass is 10.4. The van der Waals surface area contributed by atoms with Crippen LogP contribution in [-0.2, 0) is 4.79 Å². The molecule has 0 bridgehead atoms.